The van der Waals surface area contributed by atoms with E-state index in [-0.39, 0.29) is 17.6 Å². The van der Waals surface area contributed by atoms with Crippen LogP contribution in [0.5, 0.6) is 0 Å². The fourth-order valence-electron chi connectivity index (χ4n) is 3.12. The highest BCUT2D eigenvalue weighted by Gasteiger charge is 2.23. The Kier molecular flexibility index (Phi) is 7.28. The molecule has 2 N–H and O–H groups in total. The molecule has 0 spiro atoms. The molecule has 0 radical (unpaired) electrons. The molecule has 0 saturated carbocycles. The molecule has 5 nitrogen and oxygen atoms in total. The molecule has 2 aromatic rings. The third kappa shape index (κ3) is 5.71. The van der Waals surface area contributed by atoms with E-state index in [0.717, 1.165) is 24.5 Å². The van der Waals surface area contributed by atoms with Gasteiger partial charge in [0, 0.05) is 37.6 Å². The average molecular weight is 396 g/mol. The summed E-state index contributed by atoms with van der Waals surface area (Å²) in [4.78, 5) is 29.0. The molecule has 0 atom stereocenters. The van der Waals surface area contributed by atoms with Crippen LogP contribution in [-0.2, 0) is 4.79 Å². The molecule has 3 rings (SSSR count). The van der Waals surface area contributed by atoms with Crippen molar-refractivity contribution in [1.29, 1.82) is 0 Å². The smallest absolute Gasteiger partial charge is 0.255 e. The first kappa shape index (κ1) is 20.2. The molecule has 6 heteroatoms. The minimum Gasteiger partial charge on any atom is -0.369 e. The molecule has 1 aliphatic heterocycles. The average Bonchev–Trinajstić information content (AvgIpc) is 2.73. The van der Waals surface area contributed by atoms with Crippen molar-refractivity contribution in [3.63, 3.8) is 0 Å². The van der Waals surface area contributed by atoms with E-state index in [1.165, 1.54) is 17.3 Å². The van der Waals surface area contributed by atoms with Gasteiger partial charge >= 0.3 is 0 Å². The third-order valence-corrected chi connectivity index (χ3v) is 5.72. The van der Waals surface area contributed by atoms with Gasteiger partial charge in [-0.3, -0.25) is 14.5 Å². The third-order valence-electron chi connectivity index (χ3n) is 4.62. The maximum atomic E-state index is 12.9. The number of nitrogens with zero attached hydrogens (tertiary/aromatic N) is 2. The number of hydrogen-bond acceptors (Lipinski definition) is 4. The zero-order chi connectivity index (χ0) is 19.8. The number of hydrogen-bond donors (Lipinski definition) is 1. The van der Waals surface area contributed by atoms with Crippen LogP contribution >= 0.6 is 11.8 Å². The van der Waals surface area contributed by atoms with Gasteiger partial charge in [0.1, 0.15) is 0 Å². The van der Waals surface area contributed by atoms with E-state index in [4.69, 9.17) is 5.73 Å². The van der Waals surface area contributed by atoms with Gasteiger partial charge in [-0.1, -0.05) is 54.6 Å². The Morgan fingerprint density at radius 3 is 2.36 bits per heavy atom. The van der Waals surface area contributed by atoms with Crippen molar-refractivity contribution in [3.05, 3.63) is 71.8 Å². The molecular formula is C22H25N3O2S. The fourth-order valence-corrected chi connectivity index (χ4v) is 3.91. The Labute approximate surface area is 170 Å². The summed E-state index contributed by atoms with van der Waals surface area (Å²) < 4.78 is 0. The van der Waals surface area contributed by atoms with Gasteiger partial charge in [-0.2, -0.15) is 0 Å². The van der Waals surface area contributed by atoms with Crippen LogP contribution in [0.2, 0.25) is 0 Å². The van der Waals surface area contributed by atoms with Crippen LogP contribution in [0, 0.1) is 0 Å². The van der Waals surface area contributed by atoms with E-state index in [0.29, 0.717) is 18.7 Å². The first-order valence-electron chi connectivity index (χ1n) is 9.37. The quantitative estimate of drug-likeness (QED) is 0.732. The number of thioether (sulfide) groups is 1. The Bertz CT molecular complexity index is 831. The number of carbonyl (C=O) groups is 2. The lowest BCUT2D eigenvalue weighted by atomic mass is 10.1. The van der Waals surface area contributed by atoms with Gasteiger partial charge in [-0.15, -0.1) is 11.8 Å². The number of benzene rings is 2. The Hall–Kier alpha value is -2.57. The van der Waals surface area contributed by atoms with Gasteiger partial charge in [0.25, 0.3) is 5.91 Å². The monoisotopic (exact) mass is 395 g/mol. The predicted molar refractivity (Wildman–Crippen MR) is 114 cm³/mol. The summed E-state index contributed by atoms with van der Waals surface area (Å²) >= 11 is 1.32. The van der Waals surface area contributed by atoms with Crippen LogP contribution in [0.1, 0.15) is 15.9 Å². The molecule has 1 heterocycles. The van der Waals surface area contributed by atoms with Gasteiger partial charge in [0.2, 0.25) is 5.91 Å². The van der Waals surface area contributed by atoms with Crippen LogP contribution in [0.15, 0.2) is 65.6 Å². The summed E-state index contributed by atoms with van der Waals surface area (Å²) in [5.74, 6) is -0.192. The van der Waals surface area contributed by atoms with E-state index in [1.54, 1.807) is 0 Å². The van der Waals surface area contributed by atoms with Crippen LogP contribution in [-0.4, -0.2) is 60.1 Å². The molecule has 146 valence electrons. The highest BCUT2D eigenvalue weighted by atomic mass is 32.2. The number of rotatable bonds is 7. The number of nitrogens with two attached hydrogens (primary N) is 1. The second-order valence-corrected chi connectivity index (χ2v) is 7.67. The predicted octanol–water partition coefficient (Wildman–Crippen LogP) is 2.74. The van der Waals surface area contributed by atoms with Gasteiger partial charge in [-0.05, 0) is 17.7 Å². The van der Waals surface area contributed by atoms with Gasteiger partial charge in [0.05, 0.1) is 11.3 Å². The van der Waals surface area contributed by atoms with Crippen LogP contribution in [0.4, 0.5) is 0 Å². The van der Waals surface area contributed by atoms with Crippen molar-refractivity contribution in [2.24, 2.45) is 5.73 Å². The van der Waals surface area contributed by atoms with Crippen molar-refractivity contribution in [3.8, 4) is 0 Å². The lowest BCUT2D eigenvalue weighted by Crippen LogP contribution is -2.48. The van der Waals surface area contributed by atoms with Crippen molar-refractivity contribution in [1.82, 2.24) is 9.80 Å². The topological polar surface area (TPSA) is 66.6 Å². The van der Waals surface area contributed by atoms with E-state index in [1.807, 2.05) is 47.4 Å². The summed E-state index contributed by atoms with van der Waals surface area (Å²) in [6.45, 7) is 3.98. The zero-order valence-electron chi connectivity index (χ0n) is 15.8. The Morgan fingerprint density at radius 1 is 0.964 bits per heavy atom. The van der Waals surface area contributed by atoms with E-state index in [9.17, 15) is 9.59 Å². The lowest BCUT2D eigenvalue weighted by molar-refractivity contribution is -0.115. The number of amides is 2. The summed E-state index contributed by atoms with van der Waals surface area (Å²) in [5, 5.41) is 0. The Morgan fingerprint density at radius 2 is 1.64 bits per heavy atom. The van der Waals surface area contributed by atoms with Gasteiger partial charge < -0.3 is 10.6 Å². The molecule has 1 fully saturated rings. The minimum atomic E-state index is -0.385. The fraction of sp³-hybridized carbons (Fsp3) is 0.273. The van der Waals surface area contributed by atoms with E-state index in [2.05, 4.69) is 29.2 Å². The second kappa shape index (κ2) is 10.1. The second-order valence-electron chi connectivity index (χ2n) is 6.66. The minimum absolute atomic E-state index is 0.0204. The molecule has 1 saturated heterocycles. The van der Waals surface area contributed by atoms with Gasteiger partial charge in [-0.25, -0.2) is 0 Å². The molecule has 28 heavy (non-hydrogen) atoms. The van der Waals surface area contributed by atoms with Crippen LogP contribution < -0.4 is 5.73 Å². The molecule has 0 bridgehead atoms. The molecule has 0 aliphatic carbocycles. The first-order valence-corrected chi connectivity index (χ1v) is 10.4. The molecule has 0 unspecified atom stereocenters. The number of primary amides is 1. The highest BCUT2D eigenvalue weighted by Crippen LogP contribution is 2.24. The van der Waals surface area contributed by atoms with Crippen molar-refractivity contribution >= 4 is 29.7 Å². The lowest BCUT2D eigenvalue weighted by Gasteiger charge is -2.34. The first-order chi connectivity index (χ1) is 13.6. The molecule has 2 aromatic carbocycles. The molecule has 1 aliphatic rings. The van der Waals surface area contributed by atoms with Crippen molar-refractivity contribution in [2.75, 3.05) is 38.5 Å². The Balaban J connectivity index is 1.53. The van der Waals surface area contributed by atoms with E-state index < -0.39 is 0 Å². The largest absolute Gasteiger partial charge is 0.369 e. The van der Waals surface area contributed by atoms with Crippen LogP contribution in [0.3, 0.4) is 0 Å². The summed E-state index contributed by atoms with van der Waals surface area (Å²) in [6, 6.07) is 17.7. The molecule has 0 aromatic heterocycles. The number of piperazine rings is 1. The number of carbonyl (C=O) groups excluding carboxylic acids is 2. The summed E-state index contributed by atoms with van der Waals surface area (Å²) in [5.41, 5.74) is 7.08. The SMILES string of the molecule is NC(=O)CSc1ccccc1C(=O)N1CCN(C/C=C/c2ccccc2)CC1. The van der Waals surface area contributed by atoms with Crippen LogP contribution in [0.25, 0.3) is 6.08 Å². The molecular weight excluding hydrogens is 370 g/mol. The standard InChI is InChI=1S/C22H25N3O2S/c23-21(26)17-28-20-11-5-4-10-19(20)22(27)25-15-13-24(14-16-25)12-6-9-18-7-2-1-3-8-18/h1-11H,12-17H2,(H2,23,26)/b9-6+. The van der Waals surface area contributed by atoms with E-state index >= 15 is 0 Å². The zero-order valence-corrected chi connectivity index (χ0v) is 16.6. The summed E-state index contributed by atoms with van der Waals surface area (Å²) in [7, 11) is 0. The summed E-state index contributed by atoms with van der Waals surface area (Å²) in [6.07, 6.45) is 4.30. The highest BCUT2D eigenvalue weighted by molar-refractivity contribution is 8.00. The molecule has 2 amide bonds. The van der Waals surface area contributed by atoms with Gasteiger partial charge in [0.15, 0.2) is 0 Å². The maximum Gasteiger partial charge on any atom is 0.255 e. The van der Waals surface area contributed by atoms with Crippen molar-refractivity contribution in [2.45, 2.75) is 4.90 Å². The van der Waals surface area contributed by atoms with Crippen molar-refractivity contribution < 1.29 is 9.59 Å². The normalized spacial score (nSPS) is 15.1. The maximum absolute atomic E-state index is 12.9.